The van der Waals surface area contributed by atoms with Crippen molar-refractivity contribution in [2.24, 2.45) is 0 Å². The van der Waals surface area contributed by atoms with E-state index in [9.17, 15) is 0 Å². The van der Waals surface area contributed by atoms with E-state index in [-0.39, 0.29) is 0 Å². The minimum Gasteiger partial charge on any atom is -0.497 e. The van der Waals surface area contributed by atoms with Crippen molar-refractivity contribution < 1.29 is 9.47 Å². The Labute approximate surface area is 120 Å². The summed E-state index contributed by atoms with van der Waals surface area (Å²) in [5.74, 6) is 2.57. The molecular weight excluding hydrogens is 248 g/mol. The van der Waals surface area contributed by atoms with Crippen LogP contribution in [0.1, 0.15) is 31.2 Å². The summed E-state index contributed by atoms with van der Waals surface area (Å²) >= 11 is 0. The van der Waals surface area contributed by atoms with Crippen molar-refractivity contribution in [2.45, 2.75) is 25.7 Å². The molecule has 104 valence electrons. The van der Waals surface area contributed by atoms with E-state index < -0.39 is 0 Å². The van der Waals surface area contributed by atoms with E-state index in [1.807, 2.05) is 12.1 Å². The van der Waals surface area contributed by atoms with E-state index in [2.05, 4.69) is 37.3 Å². The number of fused-ring (bicyclic) bond motifs is 1. The van der Waals surface area contributed by atoms with Crippen LogP contribution in [0.2, 0.25) is 0 Å². The van der Waals surface area contributed by atoms with Crippen molar-refractivity contribution in [1.82, 2.24) is 0 Å². The normalized spacial score (nSPS) is 17.2. The summed E-state index contributed by atoms with van der Waals surface area (Å²) in [5, 5.41) is 0. The van der Waals surface area contributed by atoms with Crippen LogP contribution in [0.4, 0.5) is 0 Å². The zero-order valence-corrected chi connectivity index (χ0v) is 12.1. The molecule has 0 saturated heterocycles. The lowest BCUT2D eigenvalue weighted by molar-refractivity contribution is 0.265. The molecule has 0 amide bonds. The molecule has 1 heterocycles. The summed E-state index contributed by atoms with van der Waals surface area (Å²) in [6.07, 6.45) is 2.29. The first kappa shape index (κ1) is 13.0. The molecule has 0 saturated carbocycles. The van der Waals surface area contributed by atoms with Crippen LogP contribution in [0.25, 0.3) is 11.1 Å². The molecule has 3 rings (SSSR count). The molecule has 0 fully saturated rings. The Kier molecular flexibility index (Phi) is 3.64. The van der Waals surface area contributed by atoms with Crippen molar-refractivity contribution in [2.75, 3.05) is 13.7 Å². The maximum absolute atomic E-state index is 5.76. The van der Waals surface area contributed by atoms with Gasteiger partial charge in [0, 0.05) is 0 Å². The van der Waals surface area contributed by atoms with Crippen LogP contribution in [0.15, 0.2) is 42.5 Å². The lowest BCUT2D eigenvalue weighted by Crippen LogP contribution is -2.13. The number of hydrogen-bond acceptors (Lipinski definition) is 2. The number of ether oxygens (including phenoxy) is 2. The molecule has 20 heavy (non-hydrogen) atoms. The van der Waals surface area contributed by atoms with Crippen LogP contribution in [0.3, 0.4) is 0 Å². The van der Waals surface area contributed by atoms with Crippen LogP contribution in [0, 0.1) is 0 Å². The quantitative estimate of drug-likeness (QED) is 0.807. The molecule has 0 N–H and O–H groups in total. The van der Waals surface area contributed by atoms with Gasteiger partial charge >= 0.3 is 0 Å². The average Bonchev–Trinajstić information content (AvgIpc) is 2.54. The van der Waals surface area contributed by atoms with Crippen LogP contribution < -0.4 is 9.47 Å². The topological polar surface area (TPSA) is 18.5 Å². The van der Waals surface area contributed by atoms with Gasteiger partial charge in [-0.1, -0.05) is 25.1 Å². The van der Waals surface area contributed by atoms with Crippen LogP contribution >= 0.6 is 0 Å². The lowest BCUT2D eigenvalue weighted by Gasteiger charge is -2.25. The molecule has 2 aromatic rings. The molecule has 0 radical (unpaired) electrons. The predicted octanol–water partition coefficient (Wildman–Crippen LogP) is 4.64. The monoisotopic (exact) mass is 268 g/mol. The Hall–Kier alpha value is -1.96. The summed E-state index contributed by atoms with van der Waals surface area (Å²) in [4.78, 5) is 0. The number of hydrogen-bond donors (Lipinski definition) is 0. The fourth-order valence-electron chi connectivity index (χ4n) is 2.85. The average molecular weight is 268 g/mol. The maximum atomic E-state index is 5.76. The van der Waals surface area contributed by atoms with Gasteiger partial charge in [-0.25, -0.2) is 0 Å². The van der Waals surface area contributed by atoms with Gasteiger partial charge in [-0.3, -0.25) is 0 Å². The van der Waals surface area contributed by atoms with E-state index in [4.69, 9.17) is 9.47 Å². The molecular formula is C18H20O2. The molecule has 0 aliphatic carbocycles. The Morgan fingerprint density at radius 3 is 2.55 bits per heavy atom. The third-order valence-electron chi connectivity index (χ3n) is 4.09. The molecule has 2 nitrogen and oxygen atoms in total. The summed E-state index contributed by atoms with van der Waals surface area (Å²) in [6, 6.07) is 14.7. The summed E-state index contributed by atoms with van der Waals surface area (Å²) in [6.45, 7) is 3.09. The number of methoxy groups -OCH3 is 1. The molecule has 0 spiro atoms. The second-order valence-corrected chi connectivity index (χ2v) is 5.22. The molecule has 0 bridgehead atoms. The van der Waals surface area contributed by atoms with Crippen LogP contribution in [0.5, 0.6) is 11.5 Å². The summed E-state index contributed by atoms with van der Waals surface area (Å²) in [7, 11) is 1.69. The molecule has 1 aliphatic rings. The van der Waals surface area contributed by atoms with Crippen molar-refractivity contribution >= 4 is 0 Å². The zero-order chi connectivity index (χ0) is 13.9. The minimum absolute atomic E-state index is 0.622. The zero-order valence-electron chi connectivity index (χ0n) is 12.1. The minimum atomic E-state index is 0.622. The molecule has 1 unspecified atom stereocenters. The Morgan fingerprint density at radius 1 is 1.10 bits per heavy atom. The first-order valence-electron chi connectivity index (χ1n) is 7.23. The standard InChI is InChI=1S/C18H20O2/c1-3-13-10-11-20-18-9-6-15(12-17(13)18)14-4-7-16(19-2)8-5-14/h4-9,12-13H,3,10-11H2,1-2H3. The van der Waals surface area contributed by atoms with E-state index in [0.29, 0.717) is 5.92 Å². The van der Waals surface area contributed by atoms with Gasteiger partial charge in [0.25, 0.3) is 0 Å². The molecule has 1 atom stereocenters. The van der Waals surface area contributed by atoms with Crippen molar-refractivity contribution in [3.63, 3.8) is 0 Å². The second kappa shape index (κ2) is 5.58. The molecule has 1 aliphatic heterocycles. The fraction of sp³-hybridized carbons (Fsp3) is 0.333. The molecule has 2 aromatic carbocycles. The highest BCUT2D eigenvalue weighted by Gasteiger charge is 2.20. The van der Waals surface area contributed by atoms with Gasteiger partial charge < -0.3 is 9.47 Å². The largest absolute Gasteiger partial charge is 0.497 e. The third kappa shape index (κ3) is 2.38. The van der Waals surface area contributed by atoms with Gasteiger partial charge in [-0.15, -0.1) is 0 Å². The molecule has 0 aromatic heterocycles. The van der Waals surface area contributed by atoms with Gasteiger partial charge in [0.2, 0.25) is 0 Å². The highest BCUT2D eigenvalue weighted by Crippen LogP contribution is 2.38. The van der Waals surface area contributed by atoms with Gasteiger partial charge in [0.05, 0.1) is 13.7 Å². The fourth-order valence-corrected chi connectivity index (χ4v) is 2.85. The maximum Gasteiger partial charge on any atom is 0.122 e. The van der Waals surface area contributed by atoms with Crippen molar-refractivity contribution in [3.05, 3.63) is 48.0 Å². The lowest BCUT2D eigenvalue weighted by atomic mass is 9.89. The SMILES string of the molecule is CCC1CCOc2ccc(-c3ccc(OC)cc3)cc21. The molecule has 2 heteroatoms. The third-order valence-corrected chi connectivity index (χ3v) is 4.09. The van der Waals surface area contributed by atoms with E-state index in [0.717, 1.165) is 24.5 Å². The van der Waals surface area contributed by atoms with E-state index >= 15 is 0 Å². The Morgan fingerprint density at radius 2 is 1.85 bits per heavy atom. The van der Waals surface area contributed by atoms with E-state index in [1.54, 1.807) is 7.11 Å². The van der Waals surface area contributed by atoms with Gasteiger partial charge in [-0.2, -0.15) is 0 Å². The van der Waals surface area contributed by atoms with Gasteiger partial charge in [0.1, 0.15) is 11.5 Å². The summed E-state index contributed by atoms with van der Waals surface area (Å²) < 4.78 is 11.0. The first-order chi connectivity index (χ1) is 9.81. The van der Waals surface area contributed by atoms with Crippen molar-refractivity contribution in [3.8, 4) is 22.6 Å². The van der Waals surface area contributed by atoms with Gasteiger partial charge in [0.15, 0.2) is 0 Å². The Bertz CT molecular complexity index is 587. The summed E-state index contributed by atoms with van der Waals surface area (Å²) in [5.41, 5.74) is 3.82. The van der Waals surface area contributed by atoms with E-state index in [1.165, 1.54) is 23.1 Å². The number of benzene rings is 2. The predicted molar refractivity (Wildman–Crippen MR) is 81.6 cm³/mol. The van der Waals surface area contributed by atoms with Crippen molar-refractivity contribution in [1.29, 1.82) is 0 Å². The Balaban J connectivity index is 1.98. The van der Waals surface area contributed by atoms with Crippen LogP contribution in [-0.4, -0.2) is 13.7 Å². The smallest absolute Gasteiger partial charge is 0.122 e. The first-order valence-corrected chi connectivity index (χ1v) is 7.23. The highest BCUT2D eigenvalue weighted by atomic mass is 16.5. The van der Waals surface area contributed by atoms with Gasteiger partial charge in [-0.05, 0) is 59.7 Å². The number of rotatable bonds is 3. The second-order valence-electron chi connectivity index (χ2n) is 5.22. The highest BCUT2D eigenvalue weighted by molar-refractivity contribution is 5.67. The van der Waals surface area contributed by atoms with Crippen LogP contribution in [-0.2, 0) is 0 Å².